The van der Waals surface area contributed by atoms with Crippen molar-refractivity contribution in [1.29, 1.82) is 0 Å². The standard InChI is InChI=1S/C30H41ClN8O2S/c1-37(42-40)27-6-4-3-5-25(27)34-29-24(31)19-33-30(36-29)35-26-8-7-23(17-28(26)41-2)39-15-11-22(12-16-39)20-38-13-9-21(18-32)10-14-38/h3-8,17,19,21-22,42H,9-16,18,20,32H2,1-2H3,(H2,33,34,35,36). The summed E-state index contributed by atoms with van der Waals surface area (Å²) < 4.78 is 18.8. The van der Waals surface area contributed by atoms with Crippen molar-refractivity contribution < 1.29 is 8.95 Å². The molecule has 1 aromatic heterocycles. The van der Waals surface area contributed by atoms with Gasteiger partial charge in [-0.25, -0.2) is 9.19 Å². The first-order chi connectivity index (χ1) is 20.5. The molecular weight excluding hydrogens is 572 g/mol. The van der Waals surface area contributed by atoms with Crippen molar-refractivity contribution in [1.82, 2.24) is 14.9 Å². The molecular formula is C30H41ClN8O2S. The van der Waals surface area contributed by atoms with Gasteiger partial charge in [0.15, 0.2) is 5.82 Å². The monoisotopic (exact) mass is 612 g/mol. The Balaban J connectivity index is 1.22. The number of likely N-dealkylation sites (tertiary alicyclic amines) is 1. The summed E-state index contributed by atoms with van der Waals surface area (Å²) in [7, 11) is 3.40. The van der Waals surface area contributed by atoms with Crippen molar-refractivity contribution in [3.8, 4) is 5.75 Å². The van der Waals surface area contributed by atoms with Crippen LogP contribution in [0.25, 0.3) is 0 Å². The quantitative estimate of drug-likeness (QED) is 0.227. The molecule has 2 aliphatic rings. The first-order valence-electron chi connectivity index (χ1n) is 14.6. The van der Waals surface area contributed by atoms with Gasteiger partial charge in [0, 0.05) is 38.4 Å². The Morgan fingerprint density at radius 2 is 1.79 bits per heavy atom. The molecule has 2 fully saturated rings. The van der Waals surface area contributed by atoms with E-state index >= 15 is 0 Å². The molecule has 0 bridgehead atoms. The molecule has 0 spiro atoms. The Kier molecular flexibility index (Phi) is 10.4. The van der Waals surface area contributed by atoms with E-state index in [4.69, 9.17) is 22.1 Å². The molecule has 0 aliphatic carbocycles. The molecule has 10 nitrogen and oxygen atoms in total. The van der Waals surface area contributed by atoms with Crippen LogP contribution < -0.4 is 30.3 Å². The van der Waals surface area contributed by atoms with Gasteiger partial charge in [-0.1, -0.05) is 23.7 Å². The van der Waals surface area contributed by atoms with Crippen LogP contribution in [-0.2, 0) is 11.9 Å². The summed E-state index contributed by atoms with van der Waals surface area (Å²) in [6, 6.07) is 13.7. The van der Waals surface area contributed by atoms with Gasteiger partial charge in [-0.05, 0) is 81.4 Å². The fourth-order valence-corrected chi connectivity index (χ4v) is 6.19. The summed E-state index contributed by atoms with van der Waals surface area (Å²) in [5.41, 5.74) is 9.24. The number of thiol groups is 1. The van der Waals surface area contributed by atoms with Gasteiger partial charge >= 0.3 is 0 Å². The fourth-order valence-electron chi connectivity index (χ4n) is 5.79. The molecule has 12 heteroatoms. The van der Waals surface area contributed by atoms with Gasteiger partial charge < -0.3 is 30.9 Å². The molecule has 226 valence electrons. The minimum atomic E-state index is -0.121. The van der Waals surface area contributed by atoms with E-state index in [1.165, 1.54) is 45.3 Å². The van der Waals surface area contributed by atoms with E-state index in [2.05, 4.69) is 42.5 Å². The lowest BCUT2D eigenvalue weighted by Gasteiger charge is -2.38. The Morgan fingerprint density at radius 3 is 2.50 bits per heavy atom. The van der Waals surface area contributed by atoms with Crippen molar-refractivity contribution in [2.24, 2.45) is 17.6 Å². The van der Waals surface area contributed by atoms with Crippen molar-refractivity contribution in [3.63, 3.8) is 0 Å². The molecule has 42 heavy (non-hydrogen) atoms. The number of benzene rings is 2. The topological polar surface area (TPSA) is 112 Å². The summed E-state index contributed by atoms with van der Waals surface area (Å²) in [6.45, 7) is 6.49. The highest BCUT2D eigenvalue weighted by Crippen LogP contribution is 2.35. The normalized spacial score (nSPS) is 16.8. The molecule has 2 saturated heterocycles. The number of para-hydroxylation sites is 2. The third-order valence-electron chi connectivity index (χ3n) is 8.34. The molecule has 0 saturated carbocycles. The van der Waals surface area contributed by atoms with E-state index in [1.54, 1.807) is 24.7 Å². The van der Waals surface area contributed by atoms with Crippen molar-refractivity contribution in [3.05, 3.63) is 53.7 Å². The van der Waals surface area contributed by atoms with Gasteiger partial charge in [-0.15, -0.1) is 0 Å². The summed E-state index contributed by atoms with van der Waals surface area (Å²) in [5.74, 6) is 2.97. The average molecular weight is 613 g/mol. The number of nitrogens with zero attached hydrogens (tertiary/aromatic N) is 5. The molecule has 3 heterocycles. The van der Waals surface area contributed by atoms with Crippen LogP contribution in [0.1, 0.15) is 25.7 Å². The van der Waals surface area contributed by atoms with Crippen LogP contribution in [0.15, 0.2) is 48.7 Å². The maximum atomic E-state index is 11.4. The number of rotatable bonds is 11. The number of anilines is 6. The second kappa shape index (κ2) is 14.4. The summed E-state index contributed by atoms with van der Waals surface area (Å²) in [5, 5.41) is 6.88. The predicted octanol–water partition coefficient (Wildman–Crippen LogP) is 4.81. The Morgan fingerprint density at radius 1 is 1.05 bits per heavy atom. The van der Waals surface area contributed by atoms with Gasteiger partial charge in [0.1, 0.15) is 22.6 Å². The highest BCUT2D eigenvalue weighted by molar-refractivity contribution is 7.67. The smallest absolute Gasteiger partial charge is 0.229 e. The van der Waals surface area contributed by atoms with E-state index in [1.807, 2.05) is 30.3 Å². The third-order valence-corrected chi connectivity index (χ3v) is 9.08. The Hall–Kier alpha value is -3.12. The van der Waals surface area contributed by atoms with Crippen LogP contribution >= 0.6 is 11.6 Å². The number of ether oxygens (including phenoxy) is 1. The zero-order valence-electron chi connectivity index (χ0n) is 24.3. The largest absolute Gasteiger partial charge is 0.494 e. The molecule has 3 aromatic rings. The van der Waals surface area contributed by atoms with Gasteiger partial charge in [0.05, 0.1) is 30.4 Å². The number of halogens is 1. The number of hydrogen-bond donors (Lipinski definition) is 4. The van der Waals surface area contributed by atoms with E-state index in [-0.39, 0.29) is 11.9 Å². The predicted molar refractivity (Wildman–Crippen MR) is 174 cm³/mol. The number of nitrogens with one attached hydrogen (secondary N) is 2. The number of nitrogens with two attached hydrogens (primary N) is 1. The zero-order valence-corrected chi connectivity index (χ0v) is 26.0. The first-order valence-corrected chi connectivity index (χ1v) is 15.7. The van der Waals surface area contributed by atoms with Crippen LogP contribution in [-0.4, -0.2) is 72.5 Å². The van der Waals surface area contributed by atoms with Crippen LogP contribution in [0, 0.1) is 11.8 Å². The Bertz CT molecular complexity index is 1350. The molecule has 0 radical (unpaired) electrons. The van der Waals surface area contributed by atoms with Crippen LogP contribution in [0.5, 0.6) is 5.75 Å². The van der Waals surface area contributed by atoms with Gasteiger partial charge in [0.25, 0.3) is 0 Å². The molecule has 4 N–H and O–H groups in total. The molecule has 0 amide bonds. The minimum Gasteiger partial charge on any atom is -0.494 e. The van der Waals surface area contributed by atoms with Crippen molar-refractivity contribution >= 4 is 58.0 Å². The molecule has 0 atom stereocenters. The Labute approximate surface area is 257 Å². The third kappa shape index (κ3) is 7.44. The molecule has 5 rings (SSSR count). The van der Waals surface area contributed by atoms with E-state index in [0.29, 0.717) is 28.5 Å². The highest BCUT2D eigenvalue weighted by Gasteiger charge is 2.25. The van der Waals surface area contributed by atoms with E-state index < -0.39 is 0 Å². The van der Waals surface area contributed by atoms with Crippen LogP contribution in [0.3, 0.4) is 0 Å². The van der Waals surface area contributed by atoms with Crippen molar-refractivity contribution in [2.75, 3.05) is 73.3 Å². The van der Waals surface area contributed by atoms with Crippen molar-refractivity contribution in [2.45, 2.75) is 25.7 Å². The lowest BCUT2D eigenvalue weighted by atomic mass is 9.92. The average Bonchev–Trinajstić information content (AvgIpc) is 3.03. The van der Waals surface area contributed by atoms with Gasteiger partial charge in [-0.3, -0.25) is 4.31 Å². The summed E-state index contributed by atoms with van der Waals surface area (Å²) in [4.78, 5) is 14.1. The van der Waals surface area contributed by atoms with Gasteiger partial charge in [0.2, 0.25) is 5.95 Å². The molecule has 0 unspecified atom stereocenters. The number of aromatic nitrogens is 2. The first kappa shape index (κ1) is 30.3. The molecule has 2 aromatic carbocycles. The fraction of sp³-hybridized carbons (Fsp3) is 0.467. The molecule has 2 aliphatic heterocycles. The summed E-state index contributed by atoms with van der Waals surface area (Å²) >= 11 is 6.31. The summed E-state index contributed by atoms with van der Waals surface area (Å²) in [6.07, 6.45) is 6.41. The van der Waals surface area contributed by atoms with E-state index in [9.17, 15) is 4.21 Å². The van der Waals surface area contributed by atoms with E-state index in [0.717, 1.165) is 48.3 Å². The van der Waals surface area contributed by atoms with Crippen LogP contribution in [0.2, 0.25) is 5.02 Å². The SMILES string of the molecule is COc1cc(N2CCC(CN3CCC(CN)CC3)CC2)ccc1Nc1ncc(Cl)c(Nc2ccccc2N(C)[SH]=O)n1. The second-order valence-corrected chi connectivity index (χ2v) is 12.2. The minimum absolute atomic E-state index is 0.121. The van der Waals surface area contributed by atoms with Gasteiger partial charge in [-0.2, -0.15) is 4.98 Å². The second-order valence-electron chi connectivity index (χ2n) is 11.1. The lowest BCUT2D eigenvalue weighted by molar-refractivity contribution is 0.153. The lowest BCUT2D eigenvalue weighted by Crippen LogP contribution is -2.42. The number of methoxy groups -OCH3 is 1. The maximum Gasteiger partial charge on any atom is 0.229 e. The number of hydrogen-bond acceptors (Lipinski definition) is 9. The maximum absolute atomic E-state index is 11.4. The number of piperidine rings is 2. The van der Waals surface area contributed by atoms with Crippen LogP contribution in [0.4, 0.5) is 34.5 Å². The highest BCUT2D eigenvalue weighted by atomic mass is 35.5. The zero-order chi connectivity index (χ0) is 29.5.